The third-order valence-electron chi connectivity index (χ3n) is 4.89. The van der Waals surface area contributed by atoms with Gasteiger partial charge in [0.25, 0.3) is 0 Å². The first-order chi connectivity index (χ1) is 12.2. The molecule has 4 nitrogen and oxygen atoms in total. The highest BCUT2D eigenvalue weighted by molar-refractivity contribution is 5.23. The Bertz CT molecular complexity index is 633. The highest BCUT2D eigenvalue weighted by atomic mass is 16.5. The topological polar surface area (TPSA) is 44.7 Å². The Kier molecular flexibility index (Phi) is 6.08. The predicted molar refractivity (Wildman–Crippen MR) is 101 cm³/mol. The number of hydrogen-bond acceptors (Lipinski definition) is 4. The lowest BCUT2D eigenvalue weighted by molar-refractivity contribution is -0.0162. The maximum absolute atomic E-state index is 10.5. The zero-order valence-corrected chi connectivity index (χ0v) is 15.0. The van der Waals surface area contributed by atoms with E-state index in [1.165, 1.54) is 0 Å². The Morgan fingerprint density at radius 2 is 1.68 bits per heavy atom. The van der Waals surface area contributed by atoms with E-state index in [9.17, 15) is 5.11 Å². The van der Waals surface area contributed by atoms with Gasteiger partial charge in [0.1, 0.15) is 11.9 Å². The van der Waals surface area contributed by atoms with E-state index in [0.29, 0.717) is 0 Å². The molecule has 25 heavy (non-hydrogen) atoms. The fourth-order valence-corrected chi connectivity index (χ4v) is 3.71. The predicted octanol–water partition coefficient (Wildman–Crippen LogP) is 2.85. The van der Waals surface area contributed by atoms with E-state index in [4.69, 9.17) is 4.74 Å². The number of aliphatic hydroxyl groups is 1. The van der Waals surface area contributed by atoms with E-state index < -0.39 is 6.10 Å². The average molecular weight is 340 g/mol. The second kappa shape index (κ2) is 8.48. The van der Waals surface area contributed by atoms with Crippen molar-refractivity contribution in [1.29, 1.82) is 0 Å². The summed E-state index contributed by atoms with van der Waals surface area (Å²) in [5.41, 5.74) is 1.15. The van der Waals surface area contributed by atoms with Crippen LogP contribution in [0.25, 0.3) is 0 Å². The fraction of sp³-hybridized carbons (Fsp3) is 0.429. The normalized spacial score (nSPS) is 22.1. The standard InChI is InChI=1S/C21H28N2O2/c1-16(24)21(18-9-5-3-6-10-18)23-14-13-22-15-20(23)17(2)25-19-11-7-4-8-12-19/h3-12,16-17,20-22,24H,13-15H2,1-2H3. The largest absolute Gasteiger partial charge is 0.489 e. The van der Waals surface area contributed by atoms with E-state index >= 15 is 0 Å². The number of ether oxygens (including phenoxy) is 1. The number of piperazine rings is 1. The van der Waals surface area contributed by atoms with Crippen LogP contribution in [-0.4, -0.2) is 47.9 Å². The summed E-state index contributed by atoms with van der Waals surface area (Å²) in [6.45, 7) is 6.65. The van der Waals surface area contributed by atoms with Gasteiger partial charge < -0.3 is 15.2 Å². The Morgan fingerprint density at radius 3 is 2.32 bits per heavy atom. The molecule has 4 unspecified atom stereocenters. The van der Waals surface area contributed by atoms with Crippen LogP contribution in [0.4, 0.5) is 0 Å². The van der Waals surface area contributed by atoms with Gasteiger partial charge in [0, 0.05) is 19.6 Å². The first kappa shape index (κ1) is 17.9. The molecule has 134 valence electrons. The lowest BCUT2D eigenvalue weighted by Crippen LogP contribution is -2.59. The van der Waals surface area contributed by atoms with Crippen LogP contribution < -0.4 is 10.1 Å². The van der Waals surface area contributed by atoms with Gasteiger partial charge in [-0.15, -0.1) is 0 Å². The van der Waals surface area contributed by atoms with Gasteiger partial charge in [-0.1, -0.05) is 48.5 Å². The van der Waals surface area contributed by atoms with Crippen LogP contribution in [0, 0.1) is 0 Å². The molecular formula is C21H28N2O2. The van der Waals surface area contributed by atoms with Gasteiger partial charge in [0.15, 0.2) is 0 Å². The molecule has 1 aliphatic rings. The summed E-state index contributed by atoms with van der Waals surface area (Å²) in [7, 11) is 0. The van der Waals surface area contributed by atoms with Crippen molar-refractivity contribution >= 4 is 0 Å². The molecule has 1 fully saturated rings. The summed E-state index contributed by atoms with van der Waals surface area (Å²) in [4.78, 5) is 2.39. The molecule has 2 N–H and O–H groups in total. The van der Waals surface area contributed by atoms with Crippen molar-refractivity contribution in [1.82, 2.24) is 10.2 Å². The van der Waals surface area contributed by atoms with Crippen LogP contribution >= 0.6 is 0 Å². The number of hydrogen-bond donors (Lipinski definition) is 2. The van der Waals surface area contributed by atoms with Crippen molar-refractivity contribution < 1.29 is 9.84 Å². The Balaban J connectivity index is 1.81. The maximum atomic E-state index is 10.5. The van der Waals surface area contributed by atoms with Crippen molar-refractivity contribution in [3.05, 3.63) is 66.2 Å². The van der Waals surface area contributed by atoms with Crippen LogP contribution in [0.2, 0.25) is 0 Å². The van der Waals surface area contributed by atoms with Crippen molar-refractivity contribution in [2.75, 3.05) is 19.6 Å². The monoisotopic (exact) mass is 340 g/mol. The molecule has 0 bridgehead atoms. The number of nitrogens with zero attached hydrogens (tertiary/aromatic N) is 1. The van der Waals surface area contributed by atoms with Gasteiger partial charge in [-0.05, 0) is 31.5 Å². The van der Waals surface area contributed by atoms with Crippen LogP contribution in [0.15, 0.2) is 60.7 Å². The summed E-state index contributed by atoms with van der Waals surface area (Å²) in [5, 5.41) is 14.0. The summed E-state index contributed by atoms with van der Waals surface area (Å²) >= 11 is 0. The van der Waals surface area contributed by atoms with E-state index in [1.54, 1.807) is 0 Å². The fourth-order valence-electron chi connectivity index (χ4n) is 3.71. The quantitative estimate of drug-likeness (QED) is 0.849. The molecule has 1 saturated heterocycles. The lowest BCUT2D eigenvalue weighted by Gasteiger charge is -2.45. The number of para-hydroxylation sites is 1. The number of rotatable bonds is 6. The van der Waals surface area contributed by atoms with Gasteiger partial charge in [-0.25, -0.2) is 0 Å². The molecule has 4 heteroatoms. The van der Waals surface area contributed by atoms with Gasteiger partial charge in [-0.2, -0.15) is 0 Å². The van der Waals surface area contributed by atoms with Crippen LogP contribution in [0.5, 0.6) is 5.75 Å². The van der Waals surface area contributed by atoms with Gasteiger partial charge in [0.05, 0.1) is 18.2 Å². The smallest absolute Gasteiger partial charge is 0.119 e. The van der Waals surface area contributed by atoms with Crippen molar-refractivity contribution in [3.8, 4) is 5.75 Å². The van der Waals surface area contributed by atoms with E-state index in [1.807, 2.05) is 55.5 Å². The molecule has 3 rings (SSSR count). The SMILES string of the molecule is CC(O)C(c1ccccc1)N1CCNCC1C(C)Oc1ccccc1. The highest BCUT2D eigenvalue weighted by Crippen LogP contribution is 2.29. The molecule has 2 aromatic rings. The minimum atomic E-state index is -0.452. The molecule has 0 radical (unpaired) electrons. The lowest BCUT2D eigenvalue weighted by atomic mass is 9.96. The van der Waals surface area contributed by atoms with Gasteiger partial charge in [0.2, 0.25) is 0 Å². The molecule has 0 amide bonds. The molecule has 1 heterocycles. The zero-order chi connectivity index (χ0) is 17.6. The van der Waals surface area contributed by atoms with E-state index in [0.717, 1.165) is 30.9 Å². The molecule has 0 aliphatic carbocycles. The Labute approximate surface area is 150 Å². The second-order valence-corrected chi connectivity index (χ2v) is 6.74. The van der Waals surface area contributed by atoms with Crippen molar-refractivity contribution in [2.24, 2.45) is 0 Å². The third kappa shape index (κ3) is 4.40. The molecule has 0 aromatic heterocycles. The minimum absolute atomic E-state index is 0.0140. The number of aliphatic hydroxyl groups excluding tert-OH is 1. The molecule has 0 saturated carbocycles. The third-order valence-corrected chi connectivity index (χ3v) is 4.89. The number of benzene rings is 2. The minimum Gasteiger partial charge on any atom is -0.489 e. The van der Waals surface area contributed by atoms with Crippen LogP contribution in [0.1, 0.15) is 25.5 Å². The van der Waals surface area contributed by atoms with Crippen molar-refractivity contribution in [3.63, 3.8) is 0 Å². The van der Waals surface area contributed by atoms with E-state index in [2.05, 4.69) is 29.3 Å². The molecule has 4 atom stereocenters. The highest BCUT2D eigenvalue weighted by Gasteiger charge is 2.36. The summed E-state index contributed by atoms with van der Waals surface area (Å²) in [6, 6.07) is 20.4. The van der Waals surface area contributed by atoms with Crippen LogP contribution in [0.3, 0.4) is 0 Å². The Hall–Kier alpha value is -1.88. The maximum Gasteiger partial charge on any atom is 0.119 e. The van der Waals surface area contributed by atoms with Gasteiger partial charge in [-0.3, -0.25) is 4.90 Å². The van der Waals surface area contributed by atoms with E-state index in [-0.39, 0.29) is 18.2 Å². The average Bonchev–Trinajstić information content (AvgIpc) is 2.64. The second-order valence-electron chi connectivity index (χ2n) is 6.74. The number of nitrogens with one attached hydrogen (secondary N) is 1. The zero-order valence-electron chi connectivity index (χ0n) is 15.0. The first-order valence-electron chi connectivity index (χ1n) is 9.08. The molecular weight excluding hydrogens is 312 g/mol. The van der Waals surface area contributed by atoms with Crippen molar-refractivity contribution in [2.45, 2.75) is 38.1 Å². The first-order valence-corrected chi connectivity index (χ1v) is 9.08. The molecule has 1 aliphatic heterocycles. The summed E-state index contributed by atoms with van der Waals surface area (Å²) in [5.74, 6) is 0.883. The molecule has 0 spiro atoms. The Morgan fingerprint density at radius 1 is 1.04 bits per heavy atom. The van der Waals surface area contributed by atoms with Crippen LogP contribution in [-0.2, 0) is 0 Å². The summed E-state index contributed by atoms with van der Waals surface area (Å²) in [6.07, 6.45) is -0.438. The van der Waals surface area contributed by atoms with Gasteiger partial charge >= 0.3 is 0 Å². The molecule has 2 aromatic carbocycles. The summed E-state index contributed by atoms with van der Waals surface area (Å²) < 4.78 is 6.19.